The predicted molar refractivity (Wildman–Crippen MR) is 109 cm³/mol. The van der Waals surface area contributed by atoms with E-state index in [2.05, 4.69) is 17.1 Å². The number of hydrogen-bond donors (Lipinski definition) is 1. The van der Waals surface area contributed by atoms with Crippen LogP contribution < -0.4 is 0 Å². The summed E-state index contributed by atoms with van der Waals surface area (Å²) in [5.41, 5.74) is 1.56. The molecule has 0 bridgehead atoms. The van der Waals surface area contributed by atoms with Gasteiger partial charge in [0.1, 0.15) is 11.4 Å². The second-order valence-electron chi connectivity index (χ2n) is 8.28. The fourth-order valence-corrected chi connectivity index (χ4v) is 4.60. The van der Waals surface area contributed by atoms with Crippen molar-refractivity contribution in [1.29, 1.82) is 0 Å². The van der Waals surface area contributed by atoms with Crippen molar-refractivity contribution in [2.75, 3.05) is 26.2 Å². The van der Waals surface area contributed by atoms with E-state index in [1.54, 1.807) is 6.07 Å². The van der Waals surface area contributed by atoms with Crippen molar-refractivity contribution in [3.8, 4) is 5.75 Å². The minimum absolute atomic E-state index is 0.0323. The van der Waals surface area contributed by atoms with Crippen molar-refractivity contribution >= 4 is 11.8 Å². The highest BCUT2D eigenvalue weighted by molar-refractivity contribution is 5.92. The molecule has 2 aliphatic rings. The van der Waals surface area contributed by atoms with E-state index in [9.17, 15) is 14.7 Å². The first-order chi connectivity index (χ1) is 14.0. The fourth-order valence-electron chi connectivity index (χ4n) is 4.60. The van der Waals surface area contributed by atoms with Crippen LogP contribution in [-0.2, 0) is 11.2 Å². The normalized spacial score (nSPS) is 22.1. The lowest BCUT2D eigenvalue weighted by Crippen LogP contribution is -2.55. The molecule has 1 N–H and O–H groups in total. The molecule has 6 nitrogen and oxygen atoms in total. The topological polar surface area (TPSA) is 73.7 Å². The number of likely N-dealkylation sites (tertiary alicyclic amines) is 2. The van der Waals surface area contributed by atoms with Gasteiger partial charge in [0.2, 0.25) is 5.91 Å². The Morgan fingerprint density at radius 1 is 1.10 bits per heavy atom. The minimum Gasteiger partial charge on any atom is -0.506 e. The molecule has 0 radical (unpaired) electrons. The second-order valence-corrected chi connectivity index (χ2v) is 8.28. The van der Waals surface area contributed by atoms with Gasteiger partial charge in [-0.05, 0) is 43.4 Å². The van der Waals surface area contributed by atoms with Crippen molar-refractivity contribution < 1.29 is 14.7 Å². The standard InChI is InChI=1S/C23H27N3O3/c27-19-7-8-20(24-15-19)22(29)26-13-4-11-23(17-26)12-9-21(28)25(16-23)14-10-18-5-2-1-3-6-18/h1-3,5-8,15,27H,4,9-14,16-17H2/t23-/m0/s1. The van der Waals surface area contributed by atoms with Crippen molar-refractivity contribution in [1.82, 2.24) is 14.8 Å². The van der Waals surface area contributed by atoms with Gasteiger partial charge in [0, 0.05) is 38.0 Å². The second kappa shape index (κ2) is 8.23. The van der Waals surface area contributed by atoms with Crippen LogP contribution in [0.4, 0.5) is 0 Å². The summed E-state index contributed by atoms with van der Waals surface area (Å²) in [6.45, 7) is 2.80. The quantitative estimate of drug-likeness (QED) is 0.867. The van der Waals surface area contributed by atoms with Crippen LogP contribution in [0.5, 0.6) is 5.75 Å². The Kier molecular flexibility index (Phi) is 5.51. The van der Waals surface area contributed by atoms with Crippen molar-refractivity contribution in [3.63, 3.8) is 0 Å². The Hall–Kier alpha value is -2.89. The molecule has 0 aliphatic carbocycles. The summed E-state index contributed by atoms with van der Waals surface area (Å²) < 4.78 is 0. The van der Waals surface area contributed by atoms with E-state index in [-0.39, 0.29) is 23.0 Å². The number of carbonyl (C=O) groups is 2. The van der Waals surface area contributed by atoms with Gasteiger partial charge in [0.25, 0.3) is 5.91 Å². The van der Waals surface area contributed by atoms with Gasteiger partial charge >= 0.3 is 0 Å². The molecule has 1 aromatic heterocycles. The molecule has 2 saturated heterocycles. The Balaban J connectivity index is 1.43. The molecule has 1 aromatic carbocycles. The largest absolute Gasteiger partial charge is 0.506 e. The van der Waals surface area contributed by atoms with E-state index < -0.39 is 0 Å². The highest BCUT2D eigenvalue weighted by atomic mass is 16.3. The Labute approximate surface area is 171 Å². The number of carbonyl (C=O) groups excluding carboxylic acids is 2. The average Bonchev–Trinajstić information content (AvgIpc) is 2.75. The molecular formula is C23H27N3O3. The maximum absolute atomic E-state index is 12.9. The minimum atomic E-state index is -0.100. The zero-order chi connectivity index (χ0) is 20.3. The van der Waals surface area contributed by atoms with Crippen LogP contribution in [0.2, 0.25) is 0 Å². The molecule has 4 rings (SSSR count). The maximum Gasteiger partial charge on any atom is 0.272 e. The first kappa shape index (κ1) is 19.4. The smallest absolute Gasteiger partial charge is 0.272 e. The van der Waals surface area contributed by atoms with Crippen LogP contribution in [-0.4, -0.2) is 57.9 Å². The Morgan fingerprint density at radius 3 is 2.69 bits per heavy atom. The van der Waals surface area contributed by atoms with Crippen molar-refractivity contribution in [2.45, 2.75) is 32.1 Å². The lowest BCUT2D eigenvalue weighted by atomic mass is 9.73. The number of benzene rings is 1. The highest BCUT2D eigenvalue weighted by Crippen LogP contribution is 2.39. The van der Waals surface area contributed by atoms with Crippen LogP contribution in [0.25, 0.3) is 0 Å². The monoisotopic (exact) mass is 393 g/mol. The third kappa shape index (κ3) is 4.42. The van der Waals surface area contributed by atoms with Crippen LogP contribution >= 0.6 is 0 Å². The number of nitrogens with zero attached hydrogens (tertiary/aromatic N) is 3. The Morgan fingerprint density at radius 2 is 1.93 bits per heavy atom. The van der Waals surface area contributed by atoms with Crippen LogP contribution in [0.3, 0.4) is 0 Å². The number of hydrogen-bond acceptors (Lipinski definition) is 4. The zero-order valence-electron chi connectivity index (χ0n) is 16.6. The molecule has 3 heterocycles. The summed E-state index contributed by atoms with van der Waals surface area (Å²) in [6, 6.07) is 13.3. The number of aromatic nitrogens is 1. The lowest BCUT2D eigenvalue weighted by Gasteiger charge is -2.48. The van der Waals surface area contributed by atoms with Crippen LogP contribution in [0.15, 0.2) is 48.7 Å². The molecule has 0 unspecified atom stereocenters. The molecule has 6 heteroatoms. The van der Waals surface area contributed by atoms with Gasteiger partial charge in [-0.3, -0.25) is 9.59 Å². The summed E-state index contributed by atoms with van der Waals surface area (Å²) in [4.78, 5) is 33.3. The summed E-state index contributed by atoms with van der Waals surface area (Å²) in [7, 11) is 0. The molecule has 2 aromatic rings. The van der Waals surface area contributed by atoms with Gasteiger partial charge in [-0.15, -0.1) is 0 Å². The maximum atomic E-state index is 12.9. The number of rotatable bonds is 4. The number of pyridine rings is 1. The molecule has 2 aliphatic heterocycles. The van der Waals surface area contributed by atoms with E-state index in [0.29, 0.717) is 31.7 Å². The van der Waals surface area contributed by atoms with Gasteiger partial charge in [0.05, 0.1) is 6.20 Å². The van der Waals surface area contributed by atoms with E-state index in [1.807, 2.05) is 28.0 Å². The lowest BCUT2D eigenvalue weighted by molar-refractivity contribution is -0.138. The third-order valence-corrected chi connectivity index (χ3v) is 6.18. The predicted octanol–water partition coefficient (Wildman–Crippen LogP) is 2.87. The van der Waals surface area contributed by atoms with Gasteiger partial charge in [-0.25, -0.2) is 4.98 Å². The first-order valence-corrected chi connectivity index (χ1v) is 10.3. The molecule has 29 heavy (non-hydrogen) atoms. The van der Waals surface area contributed by atoms with Gasteiger partial charge < -0.3 is 14.9 Å². The summed E-state index contributed by atoms with van der Waals surface area (Å²) in [5.74, 6) is 0.170. The zero-order valence-corrected chi connectivity index (χ0v) is 16.6. The average molecular weight is 393 g/mol. The van der Waals surface area contributed by atoms with Crippen LogP contribution in [0, 0.1) is 5.41 Å². The van der Waals surface area contributed by atoms with E-state index in [4.69, 9.17) is 0 Å². The number of piperidine rings is 2. The van der Waals surface area contributed by atoms with E-state index in [0.717, 1.165) is 32.2 Å². The summed E-state index contributed by atoms with van der Waals surface area (Å²) in [5, 5.41) is 9.41. The van der Waals surface area contributed by atoms with Crippen molar-refractivity contribution in [3.05, 3.63) is 59.9 Å². The molecule has 1 atom stereocenters. The van der Waals surface area contributed by atoms with Gasteiger partial charge in [-0.1, -0.05) is 30.3 Å². The first-order valence-electron chi connectivity index (χ1n) is 10.3. The highest BCUT2D eigenvalue weighted by Gasteiger charge is 2.42. The summed E-state index contributed by atoms with van der Waals surface area (Å²) in [6.07, 6.45) is 5.51. The number of aromatic hydroxyl groups is 1. The SMILES string of the molecule is O=C1CC[C@@]2(CCCN(C(=O)c3ccc(O)cn3)C2)CN1CCc1ccccc1. The molecule has 0 saturated carbocycles. The third-order valence-electron chi connectivity index (χ3n) is 6.18. The van der Waals surface area contributed by atoms with E-state index in [1.165, 1.54) is 17.8 Å². The molecular weight excluding hydrogens is 366 g/mol. The Bertz CT molecular complexity index is 869. The molecule has 2 amide bonds. The molecule has 1 spiro atoms. The van der Waals surface area contributed by atoms with E-state index >= 15 is 0 Å². The van der Waals surface area contributed by atoms with Gasteiger partial charge in [0.15, 0.2) is 0 Å². The van der Waals surface area contributed by atoms with Gasteiger partial charge in [-0.2, -0.15) is 0 Å². The number of amides is 2. The fraction of sp³-hybridized carbons (Fsp3) is 0.435. The molecule has 152 valence electrons. The summed E-state index contributed by atoms with van der Waals surface area (Å²) >= 11 is 0. The van der Waals surface area contributed by atoms with Crippen molar-refractivity contribution in [2.24, 2.45) is 5.41 Å². The van der Waals surface area contributed by atoms with Crippen LogP contribution in [0.1, 0.15) is 41.7 Å². The molecule has 2 fully saturated rings.